The molecular weight excluding hydrogens is 492 g/mol. The molecule has 0 heterocycles. The zero-order valence-electron chi connectivity index (χ0n) is 19.0. The third kappa shape index (κ3) is 15.3. The molecule has 0 aliphatic heterocycles. The molecule has 0 aliphatic carbocycles. The Labute approximate surface area is 159 Å². The summed E-state index contributed by atoms with van der Waals surface area (Å²) in [6, 6.07) is 0. The minimum atomic E-state index is -1.61. The molecule has 1 N–H and O–H groups in total. The molecule has 0 saturated carbocycles. The summed E-state index contributed by atoms with van der Waals surface area (Å²) in [6.07, 6.45) is 0. The van der Waals surface area contributed by atoms with Crippen LogP contribution in [0.15, 0.2) is 0 Å². The molecule has 0 rings (SSSR count). The molecule has 0 amide bonds. The number of hydrogen-bond acceptors (Lipinski definition) is 1. The molecule has 0 spiro atoms. The Morgan fingerprint density at radius 2 is 0.783 bits per heavy atom. The fourth-order valence-electron chi connectivity index (χ4n) is 3.75. The number of hydrogen-bond donors (Lipinski definition) is 1. The van der Waals surface area contributed by atoms with Crippen LogP contribution in [0.4, 0.5) is 0 Å². The second kappa shape index (κ2) is 8.80. The van der Waals surface area contributed by atoms with Gasteiger partial charge in [0.15, 0.2) is 0 Å². The zero-order valence-corrected chi connectivity index (χ0v) is 23.9. The Hall–Kier alpha value is 1.31. The van der Waals surface area contributed by atoms with Gasteiger partial charge in [0.25, 0.3) is 0 Å². The summed E-state index contributed by atoms with van der Waals surface area (Å²) in [5.74, 6) is 0. The second-order valence-corrected chi connectivity index (χ2v) is 34.3. The first-order valence-electron chi connectivity index (χ1n) is 9.00. The Balaban J connectivity index is 0. The maximum absolute atomic E-state index is 3.49. The van der Waals surface area contributed by atoms with E-state index in [0.29, 0.717) is 14.1 Å². The van der Waals surface area contributed by atoms with Gasteiger partial charge in [-0.25, -0.2) is 0 Å². The van der Waals surface area contributed by atoms with Gasteiger partial charge in [-0.1, -0.05) is 20.8 Å². The molecule has 0 bridgehead atoms. The van der Waals surface area contributed by atoms with Crippen molar-refractivity contribution in [2.24, 2.45) is 0 Å². The summed E-state index contributed by atoms with van der Waals surface area (Å²) in [4.78, 5) is 0. The molecule has 0 aliphatic rings. The van der Waals surface area contributed by atoms with E-state index in [4.69, 9.17) is 0 Å². The van der Waals surface area contributed by atoms with Crippen LogP contribution in [0.2, 0.25) is 8.92 Å². The number of nitrogens with one attached hydrogen (secondary N) is 1. The topological polar surface area (TPSA) is 12.0 Å². The van der Waals surface area contributed by atoms with Crippen LogP contribution in [0.3, 0.4) is 0 Å². The van der Waals surface area contributed by atoms with Crippen LogP contribution in [0, 0.1) is 0 Å². The molecule has 1 radical (unpaired) electrons. The Morgan fingerprint density at radius 3 is 0.826 bits per heavy atom. The van der Waals surface area contributed by atoms with Gasteiger partial charge in [0.05, 0.1) is 0 Å². The van der Waals surface area contributed by atoms with Crippen LogP contribution >= 0.6 is 8.73 Å². The van der Waals surface area contributed by atoms with E-state index in [1.807, 2.05) is 0 Å². The average Bonchev–Trinajstić information content (AvgIpc) is 2.04. The molecule has 0 aromatic heterocycles. The van der Waals surface area contributed by atoms with E-state index in [0.717, 1.165) is 8.73 Å². The minimum absolute atomic E-state index is 0.270. The van der Waals surface area contributed by atoms with Crippen LogP contribution < -0.4 is 5.09 Å². The first-order valence-corrected chi connectivity index (χ1v) is 15.8. The van der Waals surface area contributed by atoms with Gasteiger partial charge in [0.1, 0.15) is 0 Å². The van der Waals surface area contributed by atoms with E-state index >= 15 is 0 Å². The first-order chi connectivity index (χ1) is 9.57. The van der Waals surface area contributed by atoms with Crippen LogP contribution in [-0.4, -0.2) is 33.4 Å². The van der Waals surface area contributed by atoms with Crippen molar-refractivity contribution in [1.82, 2.24) is 5.09 Å². The summed E-state index contributed by atoms with van der Waals surface area (Å²) in [7, 11) is 0.843. The molecule has 0 aromatic carbocycles. The average molecular weight is 540 g/mol. The summed E-state index contributed by atoms with van der Waals surface area (Å²) >= 11 is -1.61. The molecule has 1 nitrogen and oxygen atoms in total. The molecule has 1 unspecified atom stereocenters. The van der Waals surface area contributed by atoms with Crippen molar-refractivity contribution in [2.75, 3.05) is 0 Å². The quantitative estimate of drug-likeness (QED) is 0.267. The summed E-state index contributed by atoms with van der Waals surface area (Å²) in [6.45, 7) is 35.4. The maximum atomic E-state index is 3.49. The molecule has 0 fully saturated rings. The fraction of sp³-hybridized carbons (Fsp3) is 1.00. The van der Waals surface area contributed by atoms with Gasteiger partial charge in [0.2, 0.25) is 0 Å². The summed E-state index contributed by atoms with van der Waals surface area (Å²) in [5, 5.41) is 3.91. The van der Waals surface area contributed by atoms with Gasteiger partial charge in [-0.3, -0.25) is 5.09 Å². The van der Waals surface area contributed by atoms with E-state index in [-0.39, 0.29) is 5.54 Å². The standard InChI is InChI=1S/C8H20NP.3C4H9.Pb/c1-7(2,3)9-10-8(4,5)6;3*1-4(2)3;/h9-10H,1-6H3;3*1-3H3;. The van der Waals surface area contributed by atoms with E-state index in [1.165, 1.54) is 0 Å². The van der Waals surface area contributed by atoms with Crippen molar-refractivity contribution in [2.45, 2.75) is 123 Å². The SMILES string of the molecule is CC(C)(C)NPC(C)(C)C.C[C](C)(C)[Pb]([C](C)(C)C)[C](C)(C)C. The summed E-state index contributed by atoms with van der Waals surface area (Å²) in [5.41, 5.74) is 0.270. The molecule has 3 heteroatoms. The number of rotatable bonds is 1. The van der Waals surface area contributed by atoms with Gasteiger partial charge < -0.3 is 0 Å². The Bertz CT molecular complexity index is 282. The van der Waals surface area contributed by atoms with Crippen molar-refractivity contribution in [3.63, 3.8) is 0 Å². The zero-order chi connectivity index (χ0) is 19.5. The second-order valence-electron chi connectivity index (χ2n) is 11.9. The fourth-order valence-corrected chi connectivity index (χ4v) is 30.7. The van der Waals surface area contributed by atoms with E-state index in [1.54, 1.807) is 0 Å². The predicted octanol–water partition coefficient (Wildman–Crippen LogP) is 7.65. The molecule has 141 valence electrons. The monoisotopic (exact) mass is 540 g/mol. The molecule has 0 aromatic rings. The van der Waals surface area contributed by atoms with Gasteiger partial charge in [-0.15, -0.1) is 0 Å². The van der Waals surface area contributed by atoms with Crippen LogP contribution in [0.1, 0.15) is 104 Å². The third-order valence-corrected chi connectivity index (χ3v) is 22.2. The van der Waals surface area contributed by atoms with Crippen molar-refractivity contribution < 1.29 is 0 Å². The molecule has 23 heavy (non-hydrogen) atoms. The van der Waals surface area contributed by atoms with E-state index in [2.05, 4.69) is 109 Å². The van der Waals surface area contributed by atoms with Crippen molar-refractivity contribution in [3.8, 4) is 0 Å². The van der Waals surface area contributed by atoms with Crippen molar-refractivity contribution in [3.05, 3.63) is 0 Å². The first kappa shape index (κ1) is 26.5. The molecule has 1 atom stereocenters. The van der Waals surface area contributed by atoms with Crippen molar-refractivity contribution in [1.29, 1.82) is 0 Å². The third-order valence-electron chi connectivity index (χ3n) is 3.06. The molecule has 0 saturated heterocycles. The summed E-state index contributed by atoms with van der Waals surface area (Å²) < 4.78 is 1.80. The van der Waals surface area contributed by atoms with Crippen molar-refractivity contribution >= 4 is 31.4 Å². The predicted molar refractivity (Wildman–Crippen MR) is 116 cm³/mol. The normalized spacial score (nSPS) is 15.1. The van der Waals surface area contributed by atoms with E-state index < -0.39 is 22.7 Å². The van der Waals surface area contributed by atoms with Gasteiger partial charge in [-0.05, 0) is 34.7 Å². The Morgan fingerprint density at radius 1 is 0.522 bits per heavy atom. The van der Waals surface area contributed by atoms with Crippen LogP contribution in [0.5, 0.6) is 0 Å². The van der Waals surface area contributed by atoms with Crippen LogP contribution in [0.25, 0.3) is 0 Å². The van der Waals surface area contributed by atoms with E-state index in [9.17, 15) is 0 Å². The Kier molecular flexibility index (Phi) is 10.2. The van der Waals surface area contributed by atoms with Crippen LogP contribution in [-0.2, 0) is 0 Å². The van der Waals surface area contributed by atoms with Gasteiger partial charge in [0, 0.05) is 5.54 Å². The van der Waals surface area contributed by atoms with Gasteiger partial charge in [-0.2, -0.15) is 0 Å². The van der Waals surface area contributed by atoms with Gasteiger partial charge >= 0.3 is 93.9 Å². The molecular formula is C20H47NPPb.